The lowest BCUT2D eigenvalue weighted by Gasteiger charge is -2.22. The summed E-state index contributed by atoms with van der Waals surface area (Å²) in [5.74, 6) is 0.879. The molecule has 0 aromatic carbocycles. The van der Waals surface area contributed by atoms with Crippen molar-refractivity contribution < 1.29 is 4.79 Å². The van der Waals surface area contributed by atoms with E-state index in [9.17, 15) is 4.79 Å². The van der Waals surface area contributed by atoms with E-state index in [4.69, 9.17) is 5.73 Å². The maximum Gasteiger partial charge on any atom is 0.258 e. The van der Waals surface area contributed by atoms with Crippen LogP contribution in [0.2, 0.25) is 0 Å². The summed E-state index contributed by atoms with van der Waals surface area (Å²) in [5, 5.41) is 7.04. The molecule has 1 aliphatic carbocycles. The predicted octanol–water partition coefficient (Wildman–Crippen LogP) is 2.86. The second-order valence-corrected chi connectivity index (χ2v) is 6.56. The largest absolute Gasteiger partial charge is 0.382 e. The highest BCUT2D eigenvalue weighted by molar-refractivity contribution is 7.11. The molecule has 1 aliphatic rings. The van der Waals surface area contributed by atoms with Gasteiger partial charge in [-0.2, -0.15) is 4.37 Å². The Morgan fingerprint density at radius 3 is 2.75 bits per heavy atom. The van der Waals surface area contributed by atoms with Gasteiger partial charge in [-0.25, -0.2) is 0 Å². The van der Waals surface area contributed by atoms with Crippen LogP contribution in [-0.2, 0) is 0 Å². The molecule has 112 valence electrons. The van der Waals surface area contributed by atoms with Crippen molar-refractivity contribution in [1.29, 1.82) is 0 Å². The molecule has 1 fully saturated rings. The van der Waals surface area contributed by atoms with Crippen LogP contribution in [0.15, 0.2) is 0 Å². The first-order valence-electron chi connectivity index (χ1n) is 7.37. The Bertz CT molecular complexity index is 452. The number of nitrogen functional groups attached to an aromatic ring is 1. The summed E-state index contributed by atoms with van der Waals surface area (Å²) in [4.78, 5) is 12.1. The molecule has 1 saturated carbocycles. The van der Waals surface area contributed by atoms with E-state index in [1.165, 1.54) is 43.6 Å². The van der Waals surface area contributed by atoms with Crippen molar-refractivity contribution in [3.8, 4) is 0 Å². The highest BCUT2D eigenvalue weighted by atomic mass is 32.1. The molecule has 0 atom stereocenters. The topological polar surface area (TPSA) is 80.0 Å². The van der Waals surface area contributed by atoms with Crippen molar-refractivity contribution in [2.75, 3.05) is 17.6 Å². The summed E-state index contributed by atoms with van der Waals surface area (Å²) in [7, 11) is 0. The first-order chi connectivity index (χ1) is 9.58. The van der Waals surface area contributed by atoms with Crippen molar-refractivity contribution >= 4 is 28.3 Å². The molecule has 5 nitrogen and oxygen atoms in total. The molecule has 1 heterocycles. The van der Waals surface area contributed by atoms with Gasteiger partial charge in [0.1, 0.15) is 10.6 Å². The third-order valence-corrected chi connectivity index (χ3v) is 4.46. The van der Waals surface area contributed by atoms with Crippen LogP contribution in [0.25, 0.3) is 0 Å². The highest BCUT2D eigenvalue weighted by Gasteiger charge is 2.21. The molecular formula is C14H24N4OS. The van der Waals surface area contributed by atoms with E-state index in [-0.39, 0.29) is 11.9 Å². The van der Waals surface area contributed by atoms with Crippen LogP contribution in [0.4, 0.5) is 10.8 Å². The van der Waals surface area contributed by atoms with Gasteiger partial charge in [-0.1, -0.05) is 19.3 Å². The summed E-state index contributed by atoms with van der Waals surface area (Å²) >= 11 is 1.27. The monoisotopic (exact) mass is 296 g/mol. The summed E-state index contributed by atoms with van der Waals surface area (Å²) in [5.41, 5.74) is 6.32. The van der Waals surface area contributed by atoms with E-state index < -0.39 is 0 Å². The third kappa shape index (κ3) is 3.85. The zero-order valence-corrected chi connectivity index (χ0v) is 13.1. The highest BCUT2D eigenvalue weighted by Crippen LogP contribution is 2.29. The van der Waals surface area contributed by atoms with Gasteiger partial charge in [-0.15, -0.1) is 0 Å². The molecule has 0 spiro atoms. The molecule has 0 saturated heterocycles. The van der Waals surface area contributed by atoms with Crippen LogP contribution in [0.1, 0.15) is 56.3 Å². The Morgan fingerprint density at radius 2 is 2.10 bits per heavy atom. The lowest BCUT2D eigenvalue weighted by Crippen LogP contribution is -2.31. The number of rotatable bonds is 5. The van der Waals surface area contributed by atoms with Gasteiger partial charge in [0.25, 0.3) is 5.91 Å². The summed E-state index contributed by atoms with van der Waals surface area (Å²) in [6, 6.07) is 0.0907. The Hall–Kier alpha value is -1.30. The zero-order chi connectivity index (χ0) is 14.5. The quantitative estimate of drug-likeness (QED) is 0.780. The Kier molecular flexibility index (Phi) is 5.23. The van der Waals surface area contributed by atoms with Crippen molar-refractivity contribution in [2.24, 2.45) is 5.92 Å². The Labute approximate surface area is 124 Å². The minimum atomic E-state index is -0.141. The normalized spacial score (nSPS) is 16.4. The van der Waals surface area contributed by atoms with Crippen molar-refractivity contribution in [1.82, 2.24) is 9.69 Å². The molecule has 0 bridgehead atoms. The fraction of sp³-hybridized carbons (Fsp3) is 0.714. The number of carbonyl (C=O) groups excluding carboxylic acids is 1. The second kappa shape index (κ2) is 6.92. The lowest BCUT2D eigenvalue weighted by atomic mass is 9.89. The average Bonchev–Trinajstić information content (AvgIpc) is 2.78. The third-order valence-electron chi connectivity index (χ3n) is 3.64. The molecule has 6 heteroatoms. The van der Waals surface area contributed by atoms with Gasteiger partial charge in [0, 0.05) is 12.6 Å². The second-order valence-electron chi connectivity index (χ2n) is 5.79. The van der Waals surface area contributed by atoms with E-state index in [0.717, 1.165) is 11.5 Å². The van der Waals surface area contributed by atoms with E-state index in [0.29, 0.717) is 17.3 Å². The standard InChI is InChI=1S/C14H24N4OS/c1-9(2)17-13(19)11-12(15)18-20-14(11)16-8-10-6-4-3-5-7-10/h9-10,16H,3-8H2,1-2H3,(H2,15,18)(H,17,19). The molecule has 0 unspecified atom stereocenters. The maximum absolute atomic E-state index is 12.1. The van der Waals surface area contributed by atoms with Crippen LogP contribution >= 0.6 is 11.5 Å². The molecule has 0 aliphatic heterocycles. The molecular weight excluding hydrogens is 272 g/mol. The van der Waals surface area contributed by atoms with E-state index in [1.54, 1.807) is 0 Å². The van der Waals surface area contributed by atoms with Gasteiger partial charge in [-0.3, -0.25) is 4.79 Å². The van der Waals surface area contributed by atoms with Crippen LogP contribution in [-0.4, -0.2) is 22.9 Å². The molecule has 2 rings (SSSR count). The molecule has 20 heavy (non-hydrogen) atoms. The fourth-order valence-corrected chi connectivity index (χ4v) is 3.32. The van der Waals surface area contributed by atoms with Crippen LogP contribution in [0.3, 0.4) is 0 Å². The van der Waals surface area contributed by atoms with Crippen molar-refractivity contribution in [3.05, 3.63) is 5.56 Å². The maximum atomic E-state index is 12.1. The number of hydrogen-bond donors (Lipinski definition) is 3. The molecule has 0 radical (unpaired) electrons. The molecule has 1 amide bonds. The number of nitrogens with zero attached hydrogens (tertiary/aromatic N) is 1. The first kappa shape index (κ1) is 15.1. The number of hydrogen-bond acceptors (Lipinski definition) is 5. The SMILES string of the molecule is CC(C)NC(=O)c1c(N)nsc1NCC1CCCCC1. The number of carbonyl (C=O) groups is 1. The number of nitrogens with two attached hydrogens (primary N) is 1. The minimum absolute atomic E-state index is 0.0907. The van der Waals surface area contributed by atoms with Crippen LogP contribution in [0, 0.1) is 5.92 Å². The predicted molar refractivity (Wildman–Crippen MR) is 84.2 cm³/mol. The summed E-state index contributed by atoms with van der Waals surface area (Å²) < 4.78 is 4.10. The van der Waals surface area contributed by atoms with Crippen LogP contribution < -0.4 is 16.4 Å². The first-order valence-corrected chi connectivity index (χ1v) is 8.15. The van der Waals surface area contributed by atoms with Gasteiger partial charge in [-0.05, 0) is 44.1 Å². The van der Waals surface area contributed by atoms with E-state index in [1.807, 2.05) is 13.8 Å². The van der Waals surface area contributed by atoms with Gasteiger partial charge in [0.05, 0.1) is 0 Å². The molecule has 1 aromatic heterocycles. The Balaban J connectivity index is 1.99. The minimum Gasteiger partial charge on any atom is -0.382 e. The number of anilines is 2. The van der Waals surface area contributed by atoms with E-state index >= 15 is 0 Å². The van der Waals surface area contributed by atoms with Gasteiger partial charge < -0.3 is 16.4 Å². The Morgan fingerprint density at radius 1 is 1.40 bits per heavy atom. The summed E-state index contributed by atoms with van der Waals surface area (Å²) in [6.45, 7) is 4.77. The van der Waals surface area contributed by atoms with Crippen molar-refractivity contribution in [3.63, 3.8) is 0 Å². The number of amides is 1. The molecule has 1 aromatic rings. The number of aromatic nitrogens is 1. The zero-order valence-electron chi connectivity index (χ0n) is 12.2. The van der Waals surface area contributed by atoms with Gasteiger partial charge in [0.2, 0.25) is 0 Å². The average molecular weight is 296 g/mol. The van der Waals surface area contributed by atoms with E-state index in [2.05, 4.69) is 15.0 Å². The number of nitrogens with one attached hydrogen (secondary N) is 2. The summed E-state index contributed by atoms with van der Waals surface area (Å²) in [6.07, 6.45) is 6.53. The lowest BCUT2D eigenvalue weighted by molar-refractivity contribution is 0.0945. The smallest absolute Gasteiger partial charge is 0.258 e. The molecule has 4 N–H and O–H groups in total. The van der Waals surface area contributed by atoms with Crippen LogP contribution in [0.5, 0.6) is 0 Å². The van der Waals surface area contributed by atoms with Crippen molar-refractivity contribution in [2.45, 2.75) is 52.0 Å². The van der Waals surface area contributed by atoms with Gasteiger partial charge in [0.15, 0.2) is 5.82 Å². The van der Waals surface area contributed by atoms with Gasteiger partial charge >= 0.3 is 0 Å². The fourth-order valence-electron chi connectivity index (χ4n) is 2.61.